The van der Waals surface area contributed by atoms with E-state index >= 15 is 0 Å². The van der Waals surface area contributed by atoms with Crippen LogP contribution in [0, 0.1) is 0 Å². The van der Waals surface area contributed by atoms with E-state index in [-0.39, 0.29) is 25.4 Å². The van der Waals surface area contributed by atoms with Crippen LogP contribution in [0.4, 0.5) is 0 Å². The summed E-state index contributed by atoms with van der Waals surface area (Å²) >= 11 is 0. The highest BCUT2D eigenvalue weighted by Crippen LogP contribution is 2.38. The van der Waals surface area contributed by atoms with E-state index < -0.39 is 24.3 Å². The molecule has 112 valence electrons. The van der Waals surface area contributed by atoms with E-state index in [0.717, 1.165) is 0 Å². The van der Waals surface area contributed by atoms with E-state index in [9.17, 15) is 5.11 Å². The summed E-state index contributed by atoms with van der Waals surface area (Å²) in [5, 5.41) is 30.9. The number of rotatable bonds is 6. The Hall–Kier alpha value is -0.280. The molecule has 0 aromatic heterocycles. The highest BCUT2D eigenvalue weighted by atomic mass is 16.8. The fourth-order valence-electron chi connectivity index (χ4n) is 2.55. The number of ether oxygens (including phenoxy) is 3. The lowest BCUT2D eigenvalue weighted by Crippen LogP contribution is -2.51. The second kappa shape index (κ2) is 6.01. The van der Waals surface area contributed by atoms with Crippen molar-refractivity contribution in [1.82, 2.24) is 5.32 Å². The van der Waals surface area contributed by atoms with Crippen LogP contribution in [0.15, 0.2) is 0 Å². The van der Waals surface area contributed by atoms with Crippen molar-refractivity contribution in [1.29, 1.82) is 0 Å². The van der Waals surface area contributed by atoms with Crippen LogP contribution in [0.5, 0.6) is 0 Å². The molecule has 0 bridgehead atoms. The van der Waals surface area contributed by atoms with Crippen molar-refractivity contribution in [3.8, 4) is 0 Å². The number of nitrogens with one attached hydrogen (secondary N) is 1. The molecule has 7 nitrogen and oxygen atoms in total. The molecule has 2 aliphatic heterocycles. The minimum atomic E-state index is -0.993. The number of aliphatic hydroxyl groups excluding tert-OH is 3. The highest BCUT2D eigenvalue weighted by Gasteiger charge is 2.55. The summed E-state index contributed by atoms with van der Waals surface area (Å²) in [6.45, 7) is 3.89. The van der Waals surface area contributed by atoms with E-state index in [4.69, 9.17) is 24.4 Å². The van der Waals surface area contributed by atoms with Crippen LogP contribution in [-0.2, 0) is 14.2 Å². The van der Waals surface area contributed by atoms with Crippen molar-refractivity contribution >= 4 is 0 Å². The summed E-state index contributed by atoms with van der Waals surface area (Å²) in [6, 6.07) is -0.277. The van der Waals surface area contributed by atoms with Crippen molar-refractivity contribution in [2.24, 2.45) is 0 Å². The summed E-state index contributed by atoms with van der Waals surface area (Å²) in [6.07, 6.45) is -1.87. The van der Waals surface area contributed by atoms with E-state index in [1.54, 1.807) is 13.8 Å². The van der Waals surface area contributed by atoms with Crippen molar-refractivity contribution in [2.45, 2.75) is 56.7 Å². The highest BCUT2D eigenvalue weighted by molar-refractivity contribution is 4.99. The Morgan fingerprint density at radius 3 is 2.63 bits per heavy atom. The lowest BCUT2D eigenvalue weighted by Gasteiger charge is -2.28. The Labute approximate surface area is 112 Å². The van der Waals surface area contributed by atoms with Gasteiger partial charge in [0, 0.05) is 6.61 Å². The molecule has 2 saturated heterocycles. The molecule has 7 heteroatoms. The Balaban J connectivity index is 2.02. The van der Waals surface area contributed by atoms with Crippen molar-refractivity contribution in [3.05, 3.63) is 0 Å². The fraction of sp³-hybridized carbons (Fsp3) is 1.00. The summed E-state index contributed by atoms with van der Waals surface area (Å²) < 4.78 is 17.0. The van der Waals surface area contributed by atoms with Gasteiger partial charge in [-0.2, -0.15) is 0 Å². The van der Waals surface area contributed by atoms with Crippen LogP contribution in [0.25, 0.3) is 0 Å². The third kappa shape index (κ3) is 3.25. The maximum absolute atomic E-state index is 9.79. The maximum Gasteiger partial charge on any atom is 0.189 e. The van der Waals surface area contributed by atoms with Gasteiger partial charge < -0.3 is 34.8 Å². The van der Waals surface area contributed by atoms with E-state index in [1.165, 1.54) is 0 Å². The van der Waals surface area contributed by atoms with Gasteiger partial charge in [0.05, 0.1) is 12.6 Å². The third-order valence-corrected chi connectivity index (χ3v) is 3.37. The molecule has 5 atom stereocenters. The van der Waals surface area contributed by atoms with Crippen molar-refractivity contribution in [2.75, 3.05) is 19.8 Å². The average molecular weight is 277 g/mol. The largest absolute Gasteiger partial charge is 0.396 e. The van der Waals surface area contributed by atoms with E-state index in [2.05, 4.69) is 5.32 Å². The topological polar surface area (TPSA) is 100 Å². The van der Waals surface area contributed by atoms with Crippen LogP contribution in [-0.4, -0.2) is 71.5 Å². The number of hydrogen-bond donors (Lipinski definition) is 4. The molecule has 0 aromatic rings. The molecule has 2 rings (SSSR count). The summed E-state index contributed by atoms with van der Waals surface area (Å²) in [5.41, 5.74) is 0. The Morgan fingerprint density at radius 1 is 1.26 bits per heavy atom. The van der Waals surface area contributed by atoms with Gasteiger partial charge in [-0.05, 0) is 26.8 Å². The third-order valence-electron chi connectivity index (χ3n) is 3.37. The summed E-state index contributed by atoms with van der Waals surface area (Å²) in [5.74, 6) is -0.721. The first kappa shape index (κ1) is 15.1. The van der Waals surface area contributed by atoms with Crippen LogP contribution in [0.3, 0.4) is 0 Å². The second-order valence-corrected chi connectivity index (χ2v) is 5.38. The molecule has 0 saturated carbocycles. The standard InChI is InChI=1S/C12H23NO6/c1-12(2)18-10-8(13-4-3-5-14)9(7(16)6-15)17-11(10)19-12/h7-11,13-16H,3-6H2,1-2H3/t7-,8+,9+,10+,11+/m0/s1. The van der Waals surface area contributed by atoms with Crippen molar-refractivity contribution < 1.29 is 29.5 Å². The molecule has 2 heterocycles. The second-order valence-electron chi connectivity index (χ2n) is 5.38. The normalized spacial score (nSPS) is 38.4. The molecule has 19 heavy (non-hydrogen) atoms. The first-order chi connectivity index (χ1) is 8.98. The van der Waals surface area contributed by atoms with Gasteiger partial charge >= 0.3 is 0 Å². The smallest absolute Gasteiger partial charge is 0.189 e. The lowest BCUT2D eigenvalue weighted by molar-refractivity contribution is -0.218. The molecule has 0 aliphatic carbocycles. The molecular formula is C12H23NO6. The first-order valence-corrected chi connectivity index (χ1v) is 6.63. The zero-order chi connectivity index (χ0) is 14.0. The van der Waals surface area contributed by atoms with Gasteiger partial charge in [0.2, 0.25) is 0 Å². The maximum atomic E-state index is 9.79. The summed E-state index contributed by atoms with van der Waals surface area (Å²) in [4.78, 5) is 0. The molecule has 0 unspecified atom stereocenters. The predicted octanol–water partition coefficient (Wildman–Crippen LogP) is -1.44. The number of aliphatic hydroxyl groups is 3. The van der Waals surface area contributed by atoms with Gasteiger partial charge in [0.1, 0.15) is 18.3 Å². The molecular weight excluding hydrogens is 254 g/mol. The Kier molecular flexibility index (Phi) is 4.78. The molecule has 4 N–H and O–H groups in total. The van der Waals surface area contributed by atoms with Crippen LogP contribution in [0.1, 0.15) is 20.3 Å². The van der Waals surface area contributed by atoms with Gasteiger partial charge in [0.15, 0.2) is 12.1 Å². The van der Waals surface area contributed by atoms with Gasteiger partial charge in [-0.15, -0.1) is 0 Å². The lowest BCUT2D eigenvalue weighted by atomic mass is 10.0. The summed E-state index contributed by atoms with van der Waals surface area (Å²) in [7, 11) is 0. The van der Waals surface area contributed by atoms with Crippen LogP contribution >= 0.6 is 0 Å². The van der Waals surface area contributed by atoms with E-state index in [1.807, 2.05) is 0 Å². The molecule has 0 amide bonds. The fourth-order valence-corrected chi connectivity index (χ4v) is 2.55. The monoisotopic (exact) mass is 277 g/mol. The molecule has 0 aromatic carbocycles. The SMILES string of the molecule is CC1(C)O[C@H]2O[C@H]([C@@H](O)CO)[C@@H](NCCCO)[C@H]2O1. The predicted molar refractivity (Wildman–Crippen MR) is 65.3 cm³/mol. The number of fused-ring (bicyclic) bond motifs is 1. The van der Waals surface area contributed by atoms with Crippen LogP contribution < -0.4 is 5.32 Å². The van der Waals surface area contributed by atoms with Gasteiger partial charge in [-0.1, -0.05) is 0 Å². The van der Waals surface area contributed by atoms with E-state index in [0.29, 0.717) is 13.0 Å². The molecule has 2 fully saturated rings. The quantitative estimate of drug-likeness (QED) is 0.441. The zero-order valence-corrected chi connectivity index (χ0v) is 11.3. The average Bonchev–Trinajstić information content (AvgIpc) is 2.82. The Morgan fingerprint density at radius 2 is 2.00 bits per heavy atom. The zero-order valence-electron chi connectivity index (χ0n) is 11.3. The minimum Gasteiger partial charge on any atom is -0.396 e. The van der Waals surface area contributed by atoms with Gasteiger partial charge in [0.25, 0.3) is 0 Å². The van der Waals surface area contributed by atoms with Crippen LogP contribution in [0.2, 0.25) is 0 Å². The molecule has 2 aliphatic rings. The molecule has 0 radical (unpaired) electrons. The first-order valence-electron chi connectivity index (χ1n) is 6.63. The Bertz CT molecular complexity index is 300. The minimum absolute atomic E-state index is 0.0880. The van der Waals surface area contributed by atoms with Gasteiger partial charge in [-0.25, -0.2) is 0 Å². The molecule has 0 spiro atoms. The number of hydrogen-bond acceptors (Lipinski definition) is 7. The van der Waals surface area contributed by atoms with Crippen molar-refractivity contribution in [3.63, 3.8) is 0 Å². The van der Waals surface area contributed by atoms with Gasteiger partial charge in [-0.3, -0.25) is 0 Å².